The number of rotatable bonds is 2. The zero-order valence-corrected chi connectivity index (χ0v) is 11.6. The van der Waals surface area contributed by atoms with E-state index in [0.29, 0.717) is 10.5 Å². The van der Waals surface area contributed by atoms with E-state index in [4.69, 9.17) is 0 Å². The van der Waals surface area contributed by atoms with Crippen molar-refractivity contribution in [2.45, 2.75) is 17.4 Å². The first kappa shape index (κ1) is 13.2. The topological polar surface area (TPSA) is 29.1 Å². The van der Waals surface area contributed by atoms with Gasteiger partial charge < -0.3 is 5.32 Å². The monoisotopic (exact) mass is 287 g/mol. The molecule has 1 N–H and O–H groups in total. The Morgan fingerprint density at radius 1 is 1.15 bits per heavy atom. The van der Waals surface area contributed by atoms with E-state index < -0.39 is 0 Å². The molecule has 0 aliphatic carbocycles. The third kappa shape index (κ3) is 2.56. The molecule has 4 heteroatoms. The normalized spacial score (nSPS) is 17.4. The first-order valence-electron chi connectivity index (χ1n) is 6.53. The van der Waals surface area contributed by atoms with Crippen LogP contribution in [0, 0.1) is 5.82 Å². The summed E-state index contributed by atoms with van der Waals surface area (Å²) in [4.78, 5) is 12.9. The van der Waals surface area contributed by atoms with Gasteiger partial charge in [-0.1, -0.05) is 30.3 Å². The number of halogens is 1. The Bertz CT molecular complexity index is 630. The third-order valence-corrected chi connectivity index (χ3v) is 4.53. The summed E-state index contributed by atoms with van der Waals surface area (Å²) in [7, 11) is 0. The number of thioether (sulfide) groups is 1. The molecule has 0 saturated carbocycles. The smallest absolute Gasteiger partial charge is 0.251 e. The van der Waals surface area contributed by atoms with Gasteiger partial charge in [0.15, 0.2) is 0 Å². The molecule has 1 unspecified atom stereocenters. The van der Waals surface area contributed by atoms with E-state index >= 15 is 0 Å². The summed E-state index contributed by atoms with van der Waals surface area (Å²) >= 11 is 1.52. The summed E-state index contributed by atoms with van der Waals surface area (Å²) in [6, 6.07) is 14.0. The SMILES string of the molecule is O=C(NC1CCSc2c(F)cccc21)c1ccccc1. The van der Waals surface area contributed by atoms with Gasteiger partial charge in [-0.3, -0.25) is 4.79 Å². The number of fused-ring (bicyclic) bond motifs is 1. The molecule has 1 aliphatic rings. The van der Waals surface area contributed by atoms with Crippen LogP contribution in [0.4, 0.5) is 4.39 Å². The standard InChI is InChI=1S/C16H14FNOS/c17-13-8-4-7-12-14(9-10-20-15(12)13)18-16(19)11-5-2-1-3-6-11/h1-8,14H,9-10H2,(H,18,19). The van der Waals surface area contributed by atoms with Gasteiger partial charge in [0.25, 0.3) is 5.91 Å². The predicted octanol–water partition coefficient (Wildman–Crippen LogP) is 3.79. The summed E-state index contributed by atoms with van der Waals surface area (Å²) in [6.45, 7) is 0. The summed E-state index contributed by atoms with van der Waals surface area (Å²) < 4.78 is 13.8. The van der Waals surface area contributed by atoms with Gasteiger partial charge in [-0.2, -0.15) is 0 Å². The van der Waals surface area contributed by atoms with Crippen molar-refractivity contribution in [1.82, 2.24) is 5.32 Å². The molecular weight excluding hydrogens is 273 g/mol. The predicted molar refractivity (Wildman–Crippen MR) is 78.4 cm³/mol. The van der Waals surface area contributed by atoms with Crippen molar-refractivity contribution in [2.75, 3.05) is 5.75 Å². The second kappa shape index (κ2) is 5.67. The zero-order valence-electron chi connectivity index (χ0n) is 10.8. The quantitative estimate of drug-likeness (QED) is 0.910. The number of benzene rings is 2. The largest absolute Gasteiger partial charge is 0.345 e. The molecule has 1 heterocycles. The van der Waals surface area contributed by atoms with Crippen LogP contribution in [0.25, 0.3) is 0 Å². The number of carbonyl (C=O) groups is 1. The molecule has 0 fully saturated rings. The fourth-order valence-corrected chi connectivity index (χ4v) is 3.51. The maximum absolute atomic E-state index is 13.8. The molecule has 2 aromatic carbocycles. The summed E-state index contributed by atoms with van der Waals surface area (Å²) in [6.07, 6.45) is 0.819. The summed E-state index contributed by atoms with van der Waals surface area (Å²) in [5.41, 5.74) is 1.51. The number of hydrogen-bond donors (Lipinski definition) is 1. The van der Waals surface area contributed by atoms with Crippen molar-refractivity contribution in [2.24, 2.45) is 0 Å². The Hall–Kier alpha value is -1.81. The average Bonchev–Trinajstić information content (AvgIpc) is 2.49. The second-order valence-electron chi connectivity index (χ2n) is 4.69. The fourth-order valence-electron chi connectivity index (χ4n) is 2.37. The van der Waals surface area contributed by atoms with E-state index in [9.17, 15) is 9.18 Å². The van der Waals surface area contributed by atoms with Crippen LogP contribution < -0.4 is 5.32 Å². The molecule has 3 rings (SSSR count). The van der Waals surface area contributed by atoms with Crippen molar-refractivity contribution in [1.29, 1.82) is 0 Å². The molecule has 102 valence electrons. The minimum Gasteiger partial charge on any atom is -0.345 e. The van der Waals surface area contributed by atoms with Crippen LogP contribution in [-0.2, 0) is 0 Å². The van der Waals surface area contributed by atoms with E-state index in [1.165, 1.54) is 17.8 Å². The van der Waals surface area contributed by atoms with Gasteiger partial charge in [-0.25, -0.2) is 4.39 Å². The number of carbonyl (C=O) groups excluding carboxylic acids is 1. The summed E-state index contributed by atoms with van der Waals surface area (Å²) in [5, 5.41) is 3.00. The molecule has 0 saturated heterocycles. The molecule has 2 aromatic rings. The minimum atomic E-state index is -0.203. The van der Waals surface area contributed by atoms with Gasteiger partial charge in [-0.15, -0.1) is 11.8 Å². The van der Waals surface area contributed by atoms with E-state index in [1.807, 2.05) is 24.3 Å². The highest BCUT2D eigenvalue weighted by molar-refractivity contribution is 7.99. The molecule has 0 spiro atoms. The van der Waals surface area contributed by atoms with Gasteiger partial charge >= 0.3 is 0 Å². The molecule has 1 amide bonds. The lowest BCUT2D eigenvalue weighted by molar-refractivity contribution is 0.0935. The molecule has 1 aliphatic heterocycles. The molecule has 0 bridgehead atoms. The lowest BCUT2D eigenvalue weighted by atomic mass is 10.0. The van der Waals surface area contributed by atoms with E-state index in [-0.39, 0.29) is 17.8 Å². The Labute approximate surface area is 121 Å². The first-order chi connectivity index (χ1) is 9.75. The molecule has 0 radical (unpaired) electrons. The fraction of sp³-hybridized carbons (Fsp3) is 0.188. The molecule has 0 aromatic heterocycles. The van der Waals surface area contributed by atoms with Gasteiger partial charge in [0.05, 0.1) is 6.04 Å². The number of amides is 1. The Morgan fingerprint density at radius 2 is 1.95 bits per heavy atom. The lowest BCUT2D eigenvalue weighted by Crippen LogP contribution is -2.30. The lowest BCUT2D eigenvalue weighted by Gasteiger charge is -2.26. The van der Waals surface area contributed by atoms with Crippen LogP contribution in [0.15, 0.2) is 53.4 Å². The van der Waals surface area contributed by atoms with Crippen LogP contribution in [0.1, 0.15) is 28.4 Å². The highest BCUT2D eigenvalue weighted by Gasteiger charge is 2.24. The van der Waals surface area contributed by atoms with E-state index in [2.05, 4.69) is 5.32 Å². The zero-order chi connectivity index (χ0) is 13.9. The molecular formula is C16H14FNOS. The average molecular weight is 287 g/mol. The highest BCUT2D eigenvalue weighted by atomic mass is 32.2. The van der Waals surface area contributed by atoms with Crippen molar-refractivity contribution in [3.63, 3.8) is 0 Å². The van der Waals surface area contributed by atoms with Gasteiger partial charge in [0.1, 0.15) is 5.82 Å². The molecule has 1 atom stereocenters. The Kier molecular flexibility index (Phi) is 3.74. The number of nitrogens with one attached hydrogen (secondary N) is 1. The van der Waals surface area contributed by atoms with Crippen LogP contribution in [0.5, 0.6) is 0 Å². The van der Waals surface area contributed by atoms with Crippen LogP contribution >= 0.6 is 11.8 Å². The van der Waals surface area contributed by atoms with Gasteiger partial charge in [0.2, 0.25) is 0 Å². The van der Waals surface area contributed by atoms with Gasteiger partial charge in [-0.05, 0) is 30.2 Å². The van der Waals surface area contributed by atoms with Gasteiger partial charge in [0, 0.05) is 16.2 Å². The number of hydrogen-bond acceptors (Lipinski definition) is 2. The second-order valence-corrected chi connectivity index (χ2v) is 5.79. The van der Waals surface area contributed by atoms with Crippen molar-refractivity contribution in [3.8, 4) is 0 Å². The van der Waals surface area contributed by atoms with E-state index in [1.54, 1.807) is 18.2 Å². The molecule has 2 nitrogen and oxygen atoms in total. The maximum atomic E-state index is 13.8. The van der Waals surface area contributed by atoms with Crippen molar-refractivity contribution < 1.29 is 9.18 Å². The third-order valence-electron chi connectivity index (χ3n) is 3.37. The molecule has 20 heavy (non-hydrogen) atoms. The summed E-state index contributed by atoms with van der Waals surface area (Å²) in [5.74, 6) is 0.497. The maximum Gasteiger partial charge on any atom is 0.251 e. The van der Waals surface area contributed by atoms with Crippen LogP contribution in [0.3, 0.4) is 0 Å². The van der Waals surface area contributed by atoms with Crippen molar-refractivity contribution >= 4 is 17.7 Å². The Morgan fingerprint density at radius 3 is 2.75 bits per heavy atom. The van der Waals surface area contributed by atoms with E-state index in [0.717, 1.165) is 17.7 Å². The minimum absolute atomic E-state index is 0.113. The van der Waals surface area contributed by atoms with Crippen LogP contribution in [0.2, 0.25) is 0 Å². The first-order valence-corrected chi connectivity index (χ1v) is 7.51. The highest BCUT2D eigenvalue weighted by Crippen LogP contribution is 2.37. The van der Waals surface area contributed by atoms with Crippen molar-refractivity contribution in [3.05, 3.63) is 65.5 Å². The Balaban J connectivity index is 1.84. The van der Waals surface area contributed by atoms with Crippen LogP contribution in [-0.4, -0.2) is 11.7 Å².